The summed E-state index contributed by atoms with van der Waals surface area (Å²) in [5.41, 5.74) is 1.95. The Hall–Kier alpha value is -3.21. The number of aromatic nitrogens is 1. The van der Waals surface area contributed by atoms with E-state index in [1.54, 1.807) is 12.1 Å². The van der Waals surface area contributed by atoms with Gasteiger partial charge >= 0.3 is 5.97 Å². The average Bonchev–Trinajstić information content (AvgIpc) is 2.65. The van der Waals surface area contributed by atoms with Crippen molar-refractivity contribution < 1.29 is 14.7 Å². The number of carboxylic acid groups (broad SMARTS) is 1. The van der Waals surface area contributed by atoms with E-state index in [-0.39, 0.29) is 5.69 Å². The van der Waals surface area contributed by atoms with Crippen molar-refractivity contribution in [1.82, 2.24) is 10.3 Å². The van der Waals surface area contributed by atoms with E-state index in [9.17, 15) is 14.7 Å². The predicted molar refractivity (Wildman–Crippen MR) is 95.4 cm³/mol. The predicted octanol–water partition coefficient (Wildman–Crippen LogP) is 3.05. The van der Waals surface area contributed by atoms with Crippen LogP contribution in [0.4, 0.5) is 0 Å². The zero-order valence-corrected chi connectivity index (χ0v) is 13.6. The van der Waals surface area contributed by atoms with E-state index < -0.39 is 17.9 Å². The van der Waals surface area contributed by atoms with E-state index in [4.69, 9.17) is 0 Å². The summed E-state index contributed by atoms with van der Waals surface area (Å²) in [6.45, 7) is 0. The van der Waals surface area contributed by atoms with Gasteiger partial charge in [-0.15, -0.1) is 0 Å². The van der Waals surface area contributed by atoms with Crippen molar-refractivity contribution in [3.63, 3.8) is 0 Å². The summed E-state index contributed by atoms with van der Waals surface area (Å²) in [6.07, 6.45) is 0.891. The largest absolute Gasteiger partial charge is 0.480 e. The lowest BCUT2D eigenvalue weighted by atomic mass is 10.1. The van der Waals surface area contributed by atoms with Crippen LogP contribution in [0.25, 0.3) is 10.9 Å². The summed E-state index contributed by atoms with van der Waals surface area (Å²) < 4.78 is 0. The standard InChI is InChI=1S/C20H18N2O3/c23-19(17-13-11-15-8-4-5-9-16(15)21-17)22-18(20(24)25)12-10-14-6-2-1-3-7-14/h1-9,11,13,18H,10,12H2,(H,22,23)(H,24,25)/t18-/m0/s1. The van der Waals surface area contributed by atoms with Crippen molar-refractivity contribution in [2.45, 2.75) is 18.9 Å². The van der Waals surface area contributed by atoms with Gasteiger partial charge in [-0.25, -0.2) is 9.78 Å². The first-order chi connectivity index (χ1) is 12.1. The summed E-state index contributed by atoms with van der Waals surface area (Å²) in [4.78, 5) is 28.1. The van der Waals surface area contributed by atoms with Crippen molar-refractivity contribution in [2.24, 2.45) is 0 Å². The second-order valence-corrected chi connectivity index (χ2v) is 5.78. The number of rotatable bonds is 6. The SMILES string of the molecule is O=C(N[C@@H](CCc1ccccc1)C(=O)O)c1ccc2ccccc2n1. The van der Waals surface area contributed by atoms with E-state index in [0.717, 1.165) is 10.9 Å². The zero-order chi connectivity index (χ0) is 17.6. The Kier molecular flexibility index (Phi) is 5.04. The fourth-order valence-electron chi connectivity index (χ4n) is 2.64. The van der Waals surface area contributed by atoms with Gasteiger partial charge in [-0.1, -0.05) is 54.6 Å². The first-order valence-electron chi connectivity index (χ1n) is 8.07. The Morgan fingerprint density at radius 3 is 2.44 bits per heavy atom. The van der Waals surface area contributed by atoms with Gasteiger partial charge in [0.15, 0.2) is 0 Å². The van der Waals surface area contributed by atoms with Gasteiger partial charge in [-0.2, -0.15) is 0 Å². The molecular formula is C20H18N2O3. The Bertz CT molecular complexity index is 894. The molecule has 126 valence electrons. The number of aryl methyl sites for hydroxylation is 1. The molecule has 3 rings (SSSR count). The van der Waals surface area contributed by atoms with Crippen LogP contribution in [0.3, 0.4) is 0 Å². The number of carbonyl (C=O) groups excluding carboxylic acids is 1. The van der Waals surface area contributed by atoms with Crippen molar-refractivity contribution in [2.75, 3.05) is 0 Å². The van der Waals surface area contributed by atoms with E-state index in [0.29, 0.717) is 18.4 Å². The Morgan fingerprint density at radius 1 is 0.960 bits per heavy atom. The number of para-hydroxylation sites is 1. The van der Waals surface area contributed by atoms with Crippen LogP contribution in [0.2, 0.25) is 0 Å². The van der Waals surface area contributed by atoms with Crippen LogP contribution in [0.15, 0.2) is 66.7 Å². The van der Waals surface area contributed by atoms with Crippen LogP contribution in [0, 0.1) is 0 Å². The van der Waals surface area contributed by atoms with Gasteiger partial charge in [0.2, 0.25) is 0 Å². The fraction of sp³-hybridized carbons (Fsp3) is 0.150. The molecule has 5 nitrogen and oxygen atoms in total. The van der Waals surface area contributed by atoms with Gasteiger partial charge in [0.1, 0.15) is 11.7 Å². The zero-order valence-electron chi connectivity index (χ0n) is 13.6. The maximum atomic E-state index is 12.4. The molecule has 2 aromatic carbocycles. The first-order valence-corrected chi connectivity index (χ1v) is 8.07. The number of amides is 1. The summed E-state index contributed by atoms with van der Waals surface area (Å²) >= 11 is 0. The van der Waals surface area contributed by atoms with E-state index in [2.05, 4.69) is 10.3 Å². The second kappa shape index (κ2) is 7.57. The van der Waals surface area contributed by atoms with E-state index >= 15 is 0 Å². The lowest BCUT2D eigenvalue weighted by molar-refractivity contribution is -0.139. The number of benzene rings is 2. The van der Waals surface area contributed by atoms with Gasteiger partial charge < -0.3 is 10.4 Å². The van der Waals surface area contributed by atoms with Crippen molar-refractivity contribution >= 4 is 22.8 Å². The minimum atomic E-state index is -1.05. The topological polar surface area (TPSA) is 79.3 Å². The molecule has 0 fully saturated rings. The van der Waals surface area contributed by atoms with Crippen molar-refractivity contribution in [3.8, 4) is 0 Å². The first kappa shape index (κ1) is 16.6. The molecule has 0 saturated heterocycles. The number of nitrogens with zero attached hydrogens (tertiary/aromatic N) is 1. The highest BCUT2D eigenvalue weighted by atomic mass is 16.4. The van der Waals surface area contributed by atoms with Gasteiger partial charge in [0.25, 0.3) is 5.91 Å². The molecule has 0 unspecified atom stereocenters. The smallest absolute Gasteiger partial charge is 0.326 e. The number of hydrogen-bond acceptors (Lipinski definition) is 3. The normalized spacial score (nSPS) is 11.8. The molecule has 1 heterocycles. The summed E-state index contributed by atoms with van der Waals surface area (Å²) in [6, 6.07) is 19.5. The molecule has 1 atom stereocenters. The van der Waals surface area contributed by atoms with Crippen LogP contribution in [0.1, 0.15) is 22.5 Å². The van der Waals surface area contributed by atoms with E-state index in [1.165, 1.54) is 0 Å². The van der Waals surface area contributed by atoms with Crippen LogP contribution in [0.5, 0.6) is 0 Å². The van der Waals surface area contributed by atoms with Crippen LogP contribution >= 0.6 is 0 Å². The number of aliphatic carboxylic acids is 1. The summed E-state index contributed by atoms with van der Waals surface area (Å²) in [5.74, 6) is -1.53. The molecule has 0 spiro atoms. The average molecular weight is 334 g/mol. The Morgan fingerprint density at radius 2 is 1.68 bits per heavy atom. The molecular weight excluding hydrogens is 316 g/mol. The van der Waals surface area contributed by atoms with Gasteiger partial charge in [-0.3, -0.25) is 4.79 Å². The number of hydrogen-bond donors (Lipinski definition) is 2. The highest BCUT2D eigenvalue weighted by Gasteiger charge is 2.21. The number of nitrogens with one attached hydrogen (secondary N) is 1. The molecule has 25 heavy (non-hydrogen) atoms. The monoisotopic (exact) mass is 334 g/mol. The highest BCUT2D eigenvalue weighted by Crippen LogP contribution is 2.12. The van der Waals surface area contributed by atoms with Gasteiger partial charge in [0, 0.05) is 5.39 Å². The van der Waals surface area contributed by atoms with E-state index in [1.807, 2.05) is 54.6 Å². The number of fused-ring (bicyclic) bond motifs is 1. The summed E-state index contributed by atoms with van der Waals surface area (Å²) in [5, 5.41) is 12.9. The van der Waals surface area contributed by atoms with Crippen LogP contribution < -0.4 is 5.32 Å². The number of pyridine rings is 1. The minimum absolute atomic E-state index is 0.213. The molecule has 0 saturated carbocycles. The quantitative estimate of drug-likeness (QED) is 0.726. The summed E-state index contributed by atoms with van der Waals surface area (Å²) in [7, 11) is 0. The Labute approximate surface area is 145 Å². The van der Waals surface area contributed by atoms with Crippen molar-refractivity contribution in [1.29, 1.82) is 0 Å². The Balaban J connectivity index is 1.70. The maximum absolute atomic E-state index is 12.4. The second-order valence-electron chi connectivity index (χ2n) is 5.78. The molecule has 2 N–H and O–H groups in total. The van der Waals surface area contributed by atoms with Gasteiger partial charge in [-0.05, 0) is 30.5 Å². The number of carbonyl (C=O) groups is 2. The third-order valence-electron chi connectivity index (χ3n) is 4.00. The molecule has 0 radical (unpaired) electrons. The number of carboxylic acids is 1. The molecule has 0 aliphatic heterocycles. The van der Waals surface area contributed by atoms with Gasteiger partial charge in [0.05, 0.1) is 5.52 Å². The lowest BCUT2D eigenvalue weighted by Crippen LogP contribution is -2.41. The highest BCUT2D eigenvalue weighted by molar-refractivity contribution is 5.96. The molecule has 5 heteroatoms. The third-order valence-corrected chi connectivity index (χ3v) is 4.00. The fourth-order valence-corrected chi connectivity index (χ4v) is 2.64. The maximum Gasteiger partial charge on any atom is 0.326 e. The molecule has 0 aliphatic rings. The molecule has 1 aromatic heterocycles. The molecule has 1 amide bonds. The molecule has 0 aliphatic carbocycles. The van der Waals surface area contributed by atoms with Crippen molar-refractivity contribution in [3.05, 3.63) is 78.0 Å². The van der Waals surface area contributed by atoms with Crippen LogP contribution in [-0.4, -0.2) is 28.0 Å². The lowest BCUT2D eigenvalue weighted by Gasteiger charge is -2.14. The molecule has 0 bridgehead atoms. The minimum Gasteiger partial charge on any atom is -0.480 e. The van der Waals surface area contributed by atoms with Crippen LogP contribution in [-0.2, 0) is 11.2 Å². The molecule has 3 aromatic rings. The third kappa shape index (κ3) is 4.20.